The van der Waals surface area contributed by atoms with Crippen molar-refractivity contribution in [2.45, 2.75) is 32.7 Å². The Kier molecular flexibility index (Phi) is 3.79. The Hall–Kier alpha value is -0.820. The molecule has 0 N–H and O–H groups in total. The lowest BCUT2D eigenvalue weighted by molar-refractivity contribution is 0.165. The fraction of sp³-hybridized carbons (Fsp3) is 0.571. The largest absolute Gasteiger partial charge is 0.299 e. The third kappa shape index (κ3) is 3.07. The molecular formula is C14H21N. The maximum absolute atomic E-state index is 2.60. The predicted octanol–water partition coefficient (Wildman–Crippen LogP) is 3.31. The fourth-order valence-corrected chi connectivity index (χ4v) is 2.47. The molecule has 0 spiro atoms. The predicted molar refractivity (Wildman–Crippen MR) is 64.7 cm³/mol. The van der Waals surface area contributed by atoms with Crippen LogP contribution in [0.4, 0.5) is 0 Å². The van der Waals surface area contributed by atoms with Gasteiger partial charge in [-0.15, -0.1) is 0 Å². The maximum Gasteiger partial charge on any atom is 0.0233 e. The van der Waals surface area contributed by atoms with Crippen LogP contribution in [0, 0.1) is 5.92 Å². The molecule has 1 fully saturated rings. The van der Waals surface area contributed by atoms with Crippen LogP contribution in [0.1, 0.15) is 31.7 Å². The molecule has 1 aromatic carbocycles. The van der Waals surface area contributed by atoms with E-state index in [1.54, 1.807) is 0 Å². The molecule has 2 rings (SSSR count). The Labute approximate surface area is 93.1 Å². The van der Waals surface area contributed by atoms with Crippen LogP contribution in [-0.2, 0) is 6.54 Å². The van der Waals surface area contributed by atoms with Crippen molar-refractivity contribution in [3.05, 3.63) is 35.9 Å². The first-order valence-electron chi connectivity index (χ1n) is 6.14. The van der Waals surface area contributed by atoms with Crippen LogP contribution >= 0.6 is 0 Å². The van der Waals surface area contributed by atoms with Crippen LogP contribution in [-0.4, -0.2) is 18.0 Å². The topological polar surface area (TPSA) is 3.24 Å². The van der Waals surface area contributed by atoms with Crippen LogP contribution in [0.25, 0.3) is 0 Å². The van der Waals surface area contributed by atoms with Crippen molar-refractivity contribution < 1.29 is 0 Å². The Morgan fingerprint density at radius 3 is 2.80 bits per heavy atom. The van der Waals surface area contributed by atoms with Gasteiger partial charge in [-0.3, -0.25) is 4.90 Å². The summed E-state index contributed by atoms with van der Waals surface area (Å²) >= 11 is 0. The van der Waals surface area contributed by atoms with Crippen molar-refractivity contribution in [3.63, 3.8) is 0 Å². The molecule has 1 nitrogen and oxygen atoms in total. The molecule has 0 unspecified atom stereocenters. The van der Waals surface area contributed by atoms with Gasteiger partial charge in [0.05, 0.1) is 0 Å². The highest BCUT2D eigenvalue weighted by atomic mass is 15.1. The molecule has 0 aromatic heterocycles. The lowest BCUT2D eigenvalue weighted by atomic mass is 9.95. The molecule has 0 aliphatic carbocycles. The number of rotatable bonds is 3. The van der Waals surface area contributed by atoms with Gasteiger partial charge in [0, 0.05) is 13.1 Å². The summed E-state index contributed by atoms with van der Waals surface area (Å²) in [6.07, 6.45) is 4.15. The molecule has 0 saturated carbocycles. The number of benzene rings is 1. The molecule has 1 atom stereocenters. The first kappa shape index (κ1) is 10.7. The summed E-state index contributed by atoms with van der Waals surface area (Å²) < 4.78 is 0. The van der Waals surface area contributed by atoms with Crippen LogP contribution in [0.15, 0.2) is 30.3 Å². The van der Waals surface area contributed by atoms with Gasteiger partial charge in [-0.1, -0.05) is 43.7 Å². The van der Waals surface area contributed by atoms with Gasteiger partial charge in [0.15, 0.2) is 0 Å². The highest BCUT2D eigenvalue weighted by Crippen LogP contribution is 2.20. The summed E-state index contributed by atoms with van der Waals surface area (Å²) in [7, 11) is 0. The summed E-state index contributed by atoms with van der Waals surface area (Å²) in [5.74, 6) is 0.933. The van der Waals surface area contributed by atoms with Gasteiger partial charge in [0.25, 0.3) is 0 Å². The fourth-order valence-electron chi connectivity index (χ4n) is 2.47. The Morgan fingerprint density at radius 2 is 2.07 bits per heavy atom. The number of piperidine rings is 1. The second-order valence-electron chi connectivity index (χ2n) is 4.64. The smallest absolute Gasteiger partial charge is 0.0233 e. The van der Waals surface area contributed by atoms with E-state index < -0.39 is 0 Å². The van der Waals surface area contributed by atoms with Crippen LogP contribution in [0.3, 0.4) is 0 Å². The highest BCUT2D eigenvalue weighted by molar-refractivity contribution is 5.14. The van der Waals surface area contributed by atoms with Crippen LogP contribution in [0.2, 0.25) is 0 Å². The zero-order valence-corrected chi connectivity index (χ0v) is 9.65. The Bertz CT molecular complexity index is 281. The summed E-state index contributed by atoms with van der Waals surface area (Å²) in [5, 5.41) is 0. The minimum Gasteiger partial charge on any atom is -0.299 e. The molecule has 1 heterocycles. The van der Waals surface area contributed by atoms with E-state index in [2.05, 4.69) is 42.2 Å². The summed E-state index contributed by atoms with van der Waals surface area (Å²) in [4.78, 5) is 2.60. The van der Waals surface area contributed by atoms with E-state index >= 15 is 0 Å². The number of hydrogen-bond donors (Lipinski definition) is 0. The molecule has 1 aliphatic heterocycles. The van der Waals surface area contributed by atoms with Crippen molar-refractivity contribution in [3.8, 4) is 0 Å². The lowest BCUT2D eigenvalue weighted by Crippen LogP contribution is -2.34. The van der Waals surface area contributed by atoms with Gasteiger partial charge in [-0.2, -0.15) is 0 Å². The molecule has 82 valence electrons. The van der Waals surface area contributed by atoms with Crippen molar-refractivity contribution in [2.24, 2.45) is 5.92 Å². The molecule has 0 bridgehead atoms. The van der Waals surface area contributed by atoms with Gasteiger partial charge in [-0.05, 0) is 30.9 Å². The van der Waals surface area contributed by atoms with Gasteiger partial charge in [0.1, 0.15) is 0 Å². The Balaban J connectivity index is 1.89. The first-order chi connectivity index (χ1) is 7.38. The van der Waals surface area contributed by atoms with E-state index in [-0.39, 0.29) is 0 Å². The lowest BCUT2D eigenvalue weighted by Gasteiger charge is -2.32. The molecule has 1 heteroatoms. The van der Waals surface area contributed by atoms with Crippen molar-refractivity contribution in [2.75, 3.05) is 13.1 Å². The molecule has 1 aromatic rings. The third-order valence-corrected chi connectivity index (χ3v) is 3.43. The highest BCUT2D eigenvalue weighted by Gasteiger charge is 2.17. The molecule has 15 heavy (non-hydrogen) atoms. The molecule has 1 saturated heterocycles. The van der Waals surface area contributed by atoms with E-state index in [0.29, 0.717) is 0 Å². The van der Waals surface area contributed by atoms with Crippen LogP contribution < -0.4 is 0 Å². The summed E-state index contributed by atoms with van der Waals surface area (Å²) in [6.45, 7) is 6.03. The summed E-state index contributed by atoms with van der Waals surface area (Å²) in [6, 6.07) is 10.8. The van der Waals surface area contributed by atoms with Crippen molar-refractivity contribution >= 4 is 0 Å². The van der Waals surface area contributed by atoms with E-state index in [9.17, 15) is 0 Å². The van der Waals surface area contributed by atoms with Gasteiger partial charge in [0.2, 0.25) is 0 Å². The van der Waals surface area contributed by atoms with Crippen molar-refractivity contribution in [1.82, 2.24) is 4.90 Å². The Morgan fingerprint density at radius 1 is 1.27 bits per heavy atom. The third-order valence-electron chi connectivity index (χ3n) is 3.43. The number of hydrogen-bond acceptors (Lipinski definition) is 1. The second-order valence-corrected chi connectivity index (χ2v) is 4.64. The SMILES string of the molecule is CC[C@H]1CCCN(Cc2ccccc2)C1. The number of nitrogens with zero attached hydrogens (tertiary/aromatic N) is 1. The summed E-state index contributed by atoms with van der Waals surface area (Å²) in [5.41, 5.74) is 1.45. The zero-order chi connectivity index (χ0) is 10.5. The number of likely N-dealkylation sites (tertiary alicyclic amines) is 1. The maximum atomic E-state index is 2.60. The normalized spacial score (nSPS) is 22.9. The molecular weight excluding hydrogens is 182 g/mol. The van der Waals surface area contributed by atoms with E-state index in [0.717, 1.165) is 12.5 Å². The minimum absolute atomic E-state index is 0.933. The zero-order valence-electron chi connectivity index (χ0n) is 9.65. The first-order valence-corrected chi connectivity index (χ1v) is 6.14. The van der Waals surface area contributed by atoms with Gasteiger partial charge < -0.3 is 0 Å². The molecule has 1 aliphatic rings. The quantitative estimate of drug-likeness (QED) is 0.728. The average molecular weight is 203 g/mol. The van der Waals surface area contributed by atoms with Crippen LogP contribution in [0.5, 0.6) is 0 Å². The standard InChI is InChI=1S/C14H21N/c1-2-13-9-6-10-15(11-13)12-14-7-4-3-5-8-14/h3-5,7-8,13H,2,6,9-12H2,1H3/t13-/m0/s1. The van der Waals surface area contributed by atoms with E-state index in [1.807, 2.05) is 0 Å². The van der Waals surface area contributed by atoms with Gasteiger partial charge in [-0.25, -0.2) is 0 Å². The second kappa shape index (κ2) is 5.32. The van der Waals surface area contributed by atoms with Gasteiger partial charge >= 0.3 is 0 Å². The van der Waals surface area contributed by atoms with Crippen molar-refractivity contribution in [1.29, 1.82) is 0 Å². The molecule has 0 radical (unpaired) electrons. The average Bonchev–Trinajstić information content (AvgIpc) is 2.31. The van der Waals surface area contributed by atoms with E-state index in [1.165, 1.54) is 37.9 Å². The monoisotopic (exact) mass is 203 g/mol. The minimum atomic E-state index is 0.933. The molecule has 0 amide bonds. The van der Waals surface area contributed by atoms with E-state index in [4.69, 9.17) is 0 Å².